The van der Waals surface area contributed by atoms with Gasteiger partial charge in [-0.2, -0.15) is 5.10 Å². The summed E-state index contributed by atoms with van der Waals surface area (Å²) in [6.07, 6.45) is 1.70. The number of carbonyl (C=O) groups excluding carboxylic acids is 1. The Morgan fingerprint density at radius 3 is 2.71 bits per heavy atom. The minimum Gasteiger partial charge on any atom is -0.395 e. The number of aromatic nitrogens is 2. The average molecular weight is 238 g/mol. The molecule has 0 radical (unpaired) electrons. The lowest BCUT2D eigenvalue weighted by molar-refractivity contribution is 0.0692. The maximum atomic E-state index is 12.1. The van der Waals surface area contributed by atoms with E-state index in [0.717, 1.165) is 12.8 Å². The van der Waals surface area contributed by atoms with E-state index in [4.69, 9.17) is 10.5 Å². The highest BCUT2D eigenvalue weighted by Crippen LogP contribution is 2.16. The van der Waals surface area contributed by atoms with Crippen molar-refractivity contribution in [1.82, 2.24) is 15.1 Å². The minimum atomic E-state index is -0.155. The third-order valence-electron chi connectivity index (χ3n) is 3.04. The van der Waals surface area contributed by atoms with Crippen LogP contribution in [0.4, 0.5) is 5.69 Å². The van der Waals surface area contributed by atoms with Crippen LogP contribution in [0.2, 0.25) is 0 Å². The topological polar surface area (TPSA) is 82.2 Å². The standard InChI is InChI=1S/C11H18N4O2/c1-7-9(12)10(15(2)14-7)11(16)13-8-3-5-17-6-4-8/h8H,3-6,12H2,1-2H3,(H,13,16). The van der Waals surface area contributed by atoms with Crippen LogP contribution in [-0.4, -0.2) is 34.9 Å². The fraction of sp³-hybridized carbons (Fsp3) is 0.636. The van der Waals surface area contributed by atoms with Gasteiger partial charge in [-0.25, -0.2) is 0 Å². The van der Waals surface area contributed by atoms with Crippen molar-refractivity contribution in [2.75, 3.05) is 18.9 Å². The van der Waals surface area contributed by atoms with Gasteiger partial charge in [0.15, 0.2) is 0 Å². The van der Waals surface area contributed by atoms with Crippen molar-refractivity contribution in [3.63, 3.8) is 0 Å². The number of rotatable bonds is 2. The lowest BCUT2D eigenvalue weighted by atomic mass is 10.1. The molecule has 0 atom stereocenters. The van der Waals surface area contributed by atoms with Gasteiger partial charge >= 0.3 is 0 Å². The number of hydrogen-bond acceptors (Lipinski definition) is 4. The second-order valence-corrected chi connectivity index (χ2v) is 4.33. The van der Waals surface area contributed by atoms with Gasteiger partial charge in [0.1, 0.15) is 5.69 Å². The number of ether oxygens (including phenoxy) is 1. The van der Waals surface area contributed by atoms with E-state index < -0.39 is 0 Å². The van der Waals surface area contributed by atoms with E-state index in [9.17, 15) is 4.79 Å². The molecule has 2 heterocycles. The van der Waals surface area contributed by atoms with Crippen LogP contribution in [0.5, 0.6) is 0 Å². The second kappa shape index (κ2) is 4.75. The first-order valence-electron chi connectivity index (χ1n) is 5.77. The normalized spacial score (nSPS) is 17.1. The number of nitrogens with one attached hydrogen (secondary N) is 1. The van der Waals surface area contributed by atoms with Crippen LogP contribution in [0.15, 0.2) is 0 Å². The molecule has 0 bridgehead atoms. The molecule has 1 aliphatic rings. The summed E-state index contributed by atoms with van der Waals surface area (Å²) in [5.41, 5.74) is 7.42. The zero-order valence-electron chi connectivity index (χ0n) is 10.2. The summed E-state index contributed by atoms with van der Waals surface area (Å²) in [4.78, 5) is 12.1. The van der Waals surface area contributed by atoms with Crippen molar-refractivity contribution < 1.29 is 9.53 Å². The number of nitrogens with two attached hydrogens (primary N) is 1. The number of nitrogen functional groups attached to an aromatic ring is 1. The quantitative estimate of drug-likeness (QED) is 0.772. The van der Waals surface area contributed by atoms with Crippen molar-refractivity contribution in [3.8, 4) is 0 Å². The largest absolute Gasteiger partial charge is 0.395 e. The van der Waals surface area contributed by atoms with Crippen molar-refractivity contribution >= 4 is 11.6 Å². The highest BCUT2D eigenvalue weighted by atomic mass is 16.5. The Hall–Kier alpha value is -1.56. The molecule has 94 valence electrons. The summed E-state index contributed by atoms with van der Waals surface area (Å²) in [5, 5.41) is 7.10. The Morgan fingerprint density at radius 2 is 2.18 bits per heavy atom. The Kier molecular flexibility index (Phi) is 3.33. The van der Waals surface area contributed by atoms with Gasteiger partial charge < -0.3 is 15.8 Å². The molecule has 1 saturated heterocycles. The van der Waals surface area contributed by atoms with Gasteiger partial charge in [-0.15, -0.1) is 0 Å². The molecule has 0 aliphatic carbocycles. The lowest BCUT2D eigenvalue weighted by Gasteiger charge is -2.23. The summed E-state index contributed by atoms with van der Waals surface area (Å²) < 4.78 is 6.77. The Balaban J connectivity index is 2.08. The van der Waals surface area contributed by atoms with Gasteiger partial charge in [0.25, 0.3) is 5.91 Å². The SMILES string of the molecule is Cc1nn(C)c(C(=O)NC2CCOCC2)c1N. The van der Waals surface area contributed by atoms with Crippen molar-refractivity contribution in [1.29, 1.82) is 0 Å². The monoisotopic (exact) mass is 238 g/mol. The highest BCUT2D eigenvalue weighted by molar-refractivity contribution is 5.98. The van der Waals surface area contributed by atoms with Gasteiger partial charge in [0.2, 0.25) is 0 Å². The molecule has 3 N–H and O–H groups in total. The third-order valence-corrected chi connectivity index (χ3v) is 3.04. The molecule has 17 heavy (non-hydrogen) atoms. The molecule has 1 aromatic rings. The Morgan fingerprint density at radius 1 is 1.53 bits per heavy atom. The molecule has 0 aromatic carbocycles. The predicted molar refractivity (Wildman–Crippen MR) is 63.7 cm³/mol. The van der Waals surface area contributed by atoms with Crippen LogP contribution < -0.4 is 11.1 Å². The molecule has 6 nitrogen and oxygen atoms in total. The molecule has 1 fully saturated rings. The number of amides is 1. The maximum Gasteiger partial charge on any atom is 0.271 e. The Labute approximate surface area is 100 Å². The molecular weight excluding hydrogens is 220 g/mol. The second-order valence-electron chi connectivity index (χ2n) is 4.33. The third kappa shape index (κ3) is 2.41. The van der Waals surface area contributed by atoms with Crippen LogP contribution in [0.25, 0.3) is 0 Å². The first-order chi connectivity index (χ1) is 8.09. The van der Waals surface area contributed by atoms with Crippen molar-refractivity contribution in [2.24, 2.45) is 7.05 Å². The molecule has 6 heteroatoms. The minimum absolute atomic E-state index is 0.155. The summed E-state index contributed by atoms with van der Waals surface area (Å²) in [6, 6.07) is 0.172. The summed E-state index contributed by atoms with van der Waals surface area (Å²) in [6.45, 7) is 3.19. The Bertz CT molecular complexity index is 421. The van der Waals surface area contributed by atoms with Crippen molar-refractivity contribution in [3.05, 3.63) is 11.4 Å². The van der Waals surface area contributed by atoms with E-state index in [2.05, 4.69) is 10.4 Å². The number of anilines is 1. The molecule has 1 amide bonds. The van der Waals surface area contributed by atoms with Crippen LogP contribution >= 0.6 is 0 Å². The molecular formula is C11H18N4O2. The van der Waals surface area contributed by atoms with Crippen LogP contribution in [0.1, 0.15) is 29.0 Å². The van der Waals surface area contributed by atoms with E-state index in [1.165, 1.54) is 4.68 Å². The number of aryl methyl sites for hydroxylation is 2. The highest BCUT2D eigenvalue weighted by Gasteiger charge is 2.22. The summed E-state index contributed by atoms with van der Waals surface area (Å²) in [7, 11) is 1.72. The molecule has 0 saturated carbocycles. The van der Waals surface area contributed by atoms with Crippen molar-refractivity contribution in [2.45, 2.75) is 25.8 Å². The van der Waals surface area contributed by atoms with E-state index in [1.54, 1.807) is 14.0 Å². The number of hydrogen-bond donors (Lipinski definition) is 2. The first-order valence-corrected chi connectivity index (χ1v) is 5.77. The molecule has 1 aromatic heterocycles. The summed E-state index contributed by atoms with van der Waals surface area (Å²) >= 11 is 0. The first kappa shape index (κ1) is 11.9. The van der Waals surface area contributed by atoms with E-state index in [0.29, 0.717) is 30.3 Å². The van der Waals surface area contributed by atoms with Gasteiger partial charge in [-0.05, 0) is 19.8 Å². The van der Waals surface area contributed by atoms with Crippen LogP contribution in [0, 0.1) is 6.92 Å². The van der Waals surface area contributed by atoms with Crippen LogP contribution in [-0.2, 0) is 11.8 Å². The van der Waals surface area contributed by atoms with Gasteiger partial charge in [0.05, 0.1) is 11.4 Å². The smallest absolute Gasteiger partial charge is 0.271 e. The molecule has 1 aliphatic heterocycles. The maximum absolute atomic E-state index is 12.1. The fourth-order valence-electron chi connectivity index (χ4n) is 2.04. The van der Waals surface area contributed by atoms with E-state index in [-0.39, 0.29) is 11.9 Å². The predicted octanol–water partition coefficient (Wildman–Crippen LogP) is 0.220. The van der Waals surface area contributed by atoms with Gasteiger partial charge in [-0.1, -0.05) is 0 Å². The van der Waals surface area contributed by atoms with Gasteiger partial charge in [0, 0.05) is 26.3 Å². The molecule has 0 spiro atoms. The summed E-state index contributed by atoms with van der Waals surface area (Å²) in [5.74, 6) is -0.155. The number of nitrogens with zero attached hydrogens (tertiary/aromatic N) is 2. The van der Waals surface area contributed by atoms with E-state index >= 15 is 0 Å². The molecule has 0 unspecified atom stereocenters. The zero-order chi connectivity index (χ0) is 12.4. The van der Waals surface area contributed by atoms with E-state index in [1.807, 2.05) is 0 Å². The lowest BCUT2D eigenvalue weighted by Crippen LogP contribution is -2.39. The van der Waals surface area contributed by atoms with Crippen LogP contribution in [0.3, 0.4) is 0 Å². The average Bonchev–Trinajstić information content (AvgIpc) is 2.54. The fourth-order valence-corrected chi connectivity index (χ4v) is 2.04. The zero-order valence-corrected chi connectivity index (χ0v) is 10.2. The number of carbonyl (C=O) groups is 1. The molecule has 2 rings (SSSR count). The van der Waals surface area contributed by atoms with Gasteiger partial charge in [-0.3, -0.25) is 9.48 Å².